The fourth-order valence-corrected chi connectivity index (χ4v) is 2.69. The van der Waals surface area contributed by atoms with E-state index < -0.39 is 30.0 Å². The number of carbonyl (C=O) groups is 1. The van der Waals surface area contributed by atoms with E-state index in [1.165, 1.54) is 0 Å². The molecule has 2 unspecified atom stereocenters. The summed E-state index contributed by atoms with van der Waals surface area (Å²) >= 11 is 0. The van der Waals surface area contributed by atoms with Gasteiger partial charge < -0.3 is 15.7 Å². The molecule has 126 valence electrons. The summed E-state index contributed by atoms with van der Waals surface area (Å²) in [7, 11) is 0. The number of pyridine rings is 1. The first-order valence-electron chi connectivity index (χ1n) is 7.21. The summed E-state index contributed by atoms with van der Waals surface area (Å²) in [6.45, 7) is 0. The number of amides is 2. The zero-order chi connectivity index (χ0) is 17.3. The van der Waals surface area contributed by atoms with Crippen LogP contribution in [0.15, 0.2) is 42.6 Å². The van der Waals surface area contributed by atoms with Gasteiger partial charge in [-0.1, -0.05) is 24.3 Å². The van der Waals surface area contributed by atoms with Crippen molar-refractivity contribution in [2.45, 2.75) is 24.7 Å². The second kappa shape index (κ2) is 6.12. The number of carbonyl (C=O) groups excluding carboxylic acids is 1. The Labute approximate surface area is 135 Å². The SMILES string of the molecule is O=C(Nc1ccc(C(F)(F)F)nc1)NC1c2ccccc2CC1O. The van der Waals surface area contributed by atoms with Crippen molar-refractivity contribution in [2.75, 3.05) is 5.32 Å². The van der Waals surface area contributed by atoms with Crippen LogP contribution in [0.3, 0.4) is 0 Å². The third kappa shape index (κ3) is 3.33. The monoisotopic (exact) mass is 337 g/mol. The molecule has 1 aromatic heterocycles. The van der Waals surface area contributed by atoms with Crippen molar-refractivity contribution in [3.05, 3.63) is 59.4 Å². The molecule has 1 aromatic carbocycles. The van der Waals surface area contributed by atoms with Gasteiger partial charge in [-0.3, -0.25) is 0 Å². The number of alkyl halides is 3. The first-order valence-corrected chi connectivity index (χ1v) is 7.21. The number of nitrogens with one attached hydrogen (secondary N) is 2. The second-order valence-electron chi connectivity index (χ2n) is 5.48. The number of aliphatic hydroxyl groups is 1. The number of fused-ring (bicyclic) bond motifs is 1. The summed E-state index contributed by atoms with van der Waals surface area (Å²) in [6.07, 6.45) is -3.91. The van der Waals surface area contributed by atoms with Crippen LogP contribution in [0.1, 0.15) is 22.9 Å². The van der Waals surface area contributed by atoms with Crippen molar-refractivity contribution < 1.29 is 23.1 Å². The van der Waals surface area contributed by atoms with E-state index in [2.05, 4.69) is 15.6 Å². The molecule has 1 aliphatic rings. The Hall–Kier alpha value is -2.61. The number of aromatic nitrogens is 1. The Balaban J connectivity index is 1.66. The maximum Gasteiger partial charge on any atom is 0.433 e. The number of aliphatic hydroxyl groups excluding tert-OH is 1. The molecule has 2 atom stereocenters. The molecule has 1 heterocycles. The molecule has 0 bridgehead atoms. The van der Waals surface area contributed by atoms with Crippen LogP contribution in [-0.4, -0.2) is 22.2 Å². The molecule has 0 aliphatic heterocycles. The Bertz CT molecular complexity index is 747. The van der Waals surface area contributed by atoms with Crippen LogP contribution < -0.4 is 10.6 Å². The van der Waals surface area contributed by atoms with Crippen LogP contribution in [0, 0.1) is 0 Å². The fourth-order valence-electron chi connectivity index (χ4n) is 2.69. The van der Waals surface area contributed by atoms with Gasteiger partial charge in [0.1, 0.15) is 5.69 Å². The number of anilines is 1. The van der Waals surface area contributed by atoms with Gasteiger partial charge in [0.25, 0.3) is 0 Å². The van der Waals surface area contributed by atoms with Gasteiger partial charge in [0.05, 0.1) is 24.0 Å². The van der Waals surface area contributed by atoms with E-state index >= 15 is 0 Å². The summed E-state index contributed by atoms with van der Waals surface area (Å²) in [5, 5.41) is 15.1. The van der Waals surface area contributed by atoms with E-state index in [0.29, 0.717) is 6.42 Å². The third-order valence-corrected chi connectivity index (χ3v) is 3.80. The average molecular weight is 337 g/mol. The zero-order valence-electron chi connectivity index (χ0n) is 12.3. The van der Waals surface area contributed by atoms with E-state index in [0.717, 1.165) is 29.5 Å². The highest BCUT2D eigenvalue weighted by Gasteiger charge is 2.33. The predicted molar refractivity (Wildman–Crippen MR) is 80.3 cm³/mol. The molecule has 0 radical (unpaired) electrons. The number of halogens is 3. The summed E-state index contributed by atoms with van der Waals surface area (Å²) in [4.78, 5) is 15.3. The van der Waals surface area contributed by atoms with Gasteiger partial charge in [-0.2, -0.15) is 13.2 Å². The van der Waals surface area contributed by atoms with Gasteiger partial charge in [-0.05, 0) is 23.3 Å². The minimum atomic E-state index is -4.53. The summed E-state index contributed by atoms with van der Waals surface area (Å²) in [6, 6.07) is 8.06. The van der Waals surface area contributed by atoms with Gasteiger partial charge in [0.15, 0.2) is 0 Å². The lowest BCUT2D eigenvalue weighted by molar-refractivity contribution is -0.141. The molecular weight excluding hydrogens is 323 g/mol. The molecule has 2 aromatic rings. The van der Waals surface area contributed by atoms with Crippen molar-refractivity contribution in [3.8, 4) is 0 Å². The van der Waals surface area contributed by atoms with E-state index in [9.17, 15) is 23.1 Å². The molecule has 8 heteroatoms. The smallest absolute Gasteiger partial charge is 0.390 e. The molecule has 0 saturated heterocycles. The molecule has 0 saturated carbocycles. The maximum atomic E-state index is 12.4. The van der Waals surface area contributed by atoms with Gasteiger partial charge in [0, 0.05) is 6.42 Å². The minimum Gasteiger partial charge on any atom is -0.390 e. The van der Waals surface area contributed by atoms with Crippen LogP contribution >= 0.6 is 0 Å². The number of urea groups is 1. The van der Waals surface area contributed by atoms with Gasteiger partial charge >= 0.3 is 12.2 Å². The van der Waals surface area contributed by atoms with Crippen LogP contribution in [-0.2, 0) is 12.6 Å². The zero-order valence-corrected chi connectivity index (χ0v) is 12.3. The molecule has 2 amide bonds. The molecule has 0 spiro atoms. The minimum absolute atomic E-state index is 0.126. The fraction of sp³-hybridized carbons (Fsp3) is 0.250. The Morgan fingerprint density at radius 1 is 1.21 bits per heavy atom. The van der Waals surface area contributed by atoms with Gasteiger partial charge in [-0.15, -0.1) is 0 Å². The second-order valence-corrected chi connectivity index (χ2v) is 5.48. The van der Waals surface area contributed by atoms with Gasteiger partial charge in [-0.25, -0.2) is 9.78 Å². The van der Waals surface area contributed by atoms with E-state index in [1.807, 2.05) is 24.3 Å². The van der Waals surface area contributed by atoms with Crippen LogP contribution in [0.25, 0.3) is 0 Å². The highest BCUT2D eigenvalue weighted by molar-refractivity contribution is 5.89. The van der Waals surface area contributed by atoms with Crippen molar-refractivity contribution in [1.29, 1.82) is 0 Å². The largest absolute Gasteiger partial charge is 0.433 e. The summed E-state index contributed by atoms with van der Waals surface area (Å²) in [5.74, 6) is 0. The number of nitrogens with zero attached hydrogens (tertiary/aromatic N) is 1. The molecule has 1 aliphatic carbocycles. The average Bonchev–Trinajstić information content (AvgIpc) is 2.83. The Morgan fingerprint density at radius 3 is 2.62 bits per heavy atom. The lowest BCUT2D eigenvalue weighted by Crippen LogP contribution is -2.36. The first-order chi connectivity index (χ1) is 11.3. The number of rotatable bonds is 2. The number of hydrogen-bond donors (Lipinski definition) is 3. The van der Waals surface area contributed by atoms with Crippen molar-refractivity contribution >= 4 is 11.7 Å². The van der Waals surface area contributed by atoms with E-state index in [-0.39, 0.29) is 5.69 Å². The molecular formula is C16H14F3N3O2. The lowest BCUT2D eigenvalue weighted by Gasteiger charge is -2.18. The maximum absolute atomic E-state index is 12.4. The summed E-state index contributed by atoms with van der Waals surface area (Å²) in [5.41, 5.74) is 0.868. The van der Waals surface area contributed by atoms with Crippen LogP contribution in [0.4, 0.5) is 23.7 Å². The quantitative estimate of drug-likeness (QED) is 0.789. The Morgan fingerprint density at radius 2 is 1.96 bits per heavy atom. The highest BCUT2D eigenvalue weighted by atomic mass is 19.4. The third-order valence-electron chi connectivity index (χ3n) is 3.80. The topological polar surface area (TPSA) is 74.2 Å². The first kappa shape index (κ1) is 16.3. The van der Waals surface area contributed by atoms with Crippen molar-refractivity contribution in [3.63, 3.8) is 0 Å². The molecule has 24 heavy (non-hydrogen) atoms. The standard InChI is InChI=1S/C16H14F3N3O2/c17-16(18,19)13-6-5-10(8-20-13)21-15(24)22-14-11-4-2-1-3-9(11)7-12(14)23/h1-6,8,12,14,23H,7H2,(H2,21,22,24). The molecule has 3 rings (SSSR count). The van der Waals surface area contributed by atoms with E-state index in [4.69, 9.17) is 0 Å². The predicted octanol–water partition coefficient (Wildman–Crippen LogP) is 2.88. The molecule has 0 fully saturated rings. The summed E-state index contributed by atoms with van der Waals surface area (Å²) < 4.78 is 37.3. The molecule has 3 N–H and O–H groups in total. The van der Waals surface area contributed by atoms with Crippen molar-refractivity contribution in [1.82, 2.24) is 10.3 Å². The van der Waals surface area contributed by atoms with E-state index in [1.54, 1.807) is 0 Å². The van der Waals surface area contributed by atoms with Crippen LogP contribution in [0.5, 0.6) is 0 Å². The van der Waals surface area contributed by atoms with Crippen LogP contribution in [0.2, 0.25) is 0 Å². The number of hydrogen-bond acceptors (Lipinski definition) is 3. The normalized spacial score (nSPS) is 19.7. The highest BCUT2D eigenvalue weighted by Crippen LogP contribution is 2.31. The number of benzene rings is 1. The van der Waals surface area contributed by atoms with Crippen molar-refractivity contribution in [2.24, 2.45) is 0 Å². The molecule has 5 nitrogen and oxygen atoms in total. The Kier molecular flexibility index (Phi) is 4.15. The van der Waals surface area contributed by atoms with Gasteiger partial charge in [0.2, 0.25) is 0 Å². The lowest BCUT2D eigenvalue weighted by atomic mass is 10.1.